The Labute approximate surface area is 136 Å². The maximum absolute atomic E-state index is 12.2. The molecule has 0 atom stereocenters. The van der Waals surface area contributed by atoms with E-state index >= 15 is 0 Å². The van der Waals surface area contributed by atoms with Gasteiger partial charge >= 0.3 is 0 Å². The molecule has 0 aliphatic heterocycles. The second kappa shape index (κ2) is 7.40. The summed E-state index contributed by atoms with van der Waals surface area (Å²) in [6, 6.07) is 16.6. The van der Waals surface area contributed by atoms with Crippen molar-refractivity contribution in [2.24, 2.45) is 0 Å². The van der Waals surface area contributed by atoms with Crippen molar-refractivity contribution in [1.82, 2.24) is 4.90 Å². The number of likely N-dealkylation sites (N-methyl/N-ethyl adjacent to an activating group) is 1. The summed E-state index contributed by atoms with van der Waals surface area (Å²) in [7, 11) is 5.17. The highest BCUT2D eigenvalue weighted by Crippen LogP contribution is 2.12. The normalized spacial score (nSPS) is 10.6. The first-order valence-electron chi connectivity index (χ1n) is 7.31. The van der Waals surface area contributed by atoms with E-state index in [2.05, 4.69) is 0 Å². The molecule has 0 heterocycles. The van der Waals surface area contributed by atoms with Gasteiger partial charge in [-0.25, -0.2) is 0 Å². The first-order valence-corrected chi connectivity index (χ1v) is 7.31. The van der Waals surface area contributed by atoms with E-state index in [1.54, 1.807) is 44.3 Å². The molecule has 0 aliphatic rings. The van der Waals surface area contributed by atoms with Crippen molar-refractivity contribution < 1.29 is 9.59 Å². The molecule has 0 radical (unpaired) electrons. The lowest BCUT2D eigenvalue weighted by Gasteiger charge is -2.14. The Hall–Kier alpha value is -2.88. The molecule has 0 N–H and O–H groups in total. The standard InChI is InChI=1S/C19H20N2O2/c1-20(2)19(23)16-12-9-15(10-13-16)11-14-18(22)21(3)17-7-5-4-6-8-17/h4-14H,1-3H3/b14-11+. The van der Waals surface area contributed by atoms with Crippen LogP contribution in [0.5, 0.6) is 0 Å². The molecule has 2 amide bonds. The van der Waals surface area contributed by atoms with Gasteiger partial charge in [-0.3, -0.25) is 9.59 Å². The van der Waals surface area contributed by atoms with Crippen LogP contribution in [0.25, 0.3) is 6.08 Å². The Balaban J connectivity index is 2.05. The van der Waals surface area contributed by atoms with E-state index in [0.717, 1.165) is 11.3 Å². The number of hydrogen-bond donors (Lipinski definition) is 0. The van der Waals surface area contributed by atoms with Crippen molar-refractivity contribution in [2.45, 2.75) is 0 Å². The summed E-state index contributed by atoms with van der Waals surface area (Å²) in [4.78, 5) is 27.1. The fourth-order valence-corrected chi connectivity index (χ4v) is 2.05. The molecule has 0 spiro atoms. The van der Waals surface area contributed by atoms with Crippen molar-refractivity contribution in [3.63, 3.8) is 0 Å². The summed E-state index contributed by atoms with van der Waals surface area (Å²) < 4.78 is 0. The number of amides is 2. The molecule has 0 bridgehead atoms. The van der Waals surface area contributed by atoms with Crippen LogP contribution in [0.4, 0.5) is 5.69 Å². The van der Waals surface area contributed by atoms with Gasteiger partial charge in [-0.1, -0.05) is 30.3 Å². The molecule has 4 heteroatoms. The third-order valence-electron chi connectivity index (χ3n) is 3.46. The molecule has 0 unspecified atom stereocenters. The van der Waals surface area contributed by atoms with E-state index in [0.29, 0.717) is 5.56 Å². The van der Waals surface area contributed by atoms with Crippen molar-refractivity contribution in [3.05, 3.63) is 71.8 Å². The highest BCUT2D eigenvalue weighted by molar-refractivity contribution is 6.03. The lowest BCUT2D eigenvalue weighted by Crippen LogP contribution is -2.23. The predicted octanol–water partition coefficient (Wildman–Crippen LogP) is 3.06. The van der Waals surface area contributed by atoms with Gasteiger partial charge in [0.1, 0.15) is 0 Å². The van der Waals surface area contributed by atoms with Gasteiger partial charge in [0.15, 0.2) is 0 Å². The molecular formula is C19H20N2O2. The molecular weight excluding hydrogens is 288 g/mol. The van der Waals surface area contributed by atoms with Gasteiger partial charge in [0.05, 0.1) is 0 Å². The number of carbonyl (C=O) groups is 2. The molecule has 2 aromatic carbocycles. The summed E-state index contributed by atoms with van der Waals surface area (Å²) in [5, 5.41) is 0. The van der Waals surface area contributed by atoms with Crippen LogP contribution in [0.15, 0.2) is 60.7 Å². The first-order chi connectivity index (χ1) is 11.0. The van der Waals surface area contributed by atoms with Crippen LogP contribution in [-0.2, 0) is 4.79 Å². The molecule has 0 saturated carbocycles. The van der Waals surface area contributed by atoms with Gasteiger partial charge in [-0.05, 0) is 35.9 Å². The minimum absolute atomic E-state index is 0.0413. The van der Waals surface area contributed by atoms with Crippen molar-refractivity contribution in [1.29, 1.82) is 0 Å². The molecule has 0 aliphatic carbocycles. The average molecular weight is 308 g/mol. The number of nitrogens with zero attached hydrogens (tertiary/aromatic N) is 2. The topological polar surface area (TPSA) is 40.6 Å². The third kappa shape index (κ3) is 4.30. The van der Waals surface area contributed by atoms with Crippen molar-refractivity contribution in [2.75, 3.05) is 26.0 Å². The largest absolute Gasteiger partial charge is 0.345 e. The molecule has 4 nitrogen and oxygen atoms in total. The van der Waals surface area contributed by atoms with Crippen LogP contribution in [0.1, 0.15) is 15.9 Å². The van der Waals surface area contributed by atoms with Crippen LogP contribution in [0.3, 0.4) is 0 Å². The summed E-state index contributed by atoms with van der Waals surface area (Å²) in [5.74, 6) is -0.148. The van der Waals surface area contributed by atoms with E-state index in [4.69, 9.17) is 0 Å². The van der Waals surface area contributed by atoms with E-state index in [1.165, 1.54) is 11.0 Å². The number of anilines is 1. The fraction of sp³-hybridized carbons (Fsp3) is 0.158. The summed E-state index contributed by atoms with van der Waals surface area (Å²) in [5.41, 5.74) is 2.34. The van der Waals surface area contributed by atoms with Crippen molar-refractivity contribution >= 4 is 23.6 Å². The second-order valence-corrected chi connectivity index (χ2v) is 5.39. The number of para-hydroxylation sites is 1. The van der Waals surface area contributed by atoms with Gasteiger partial charge < -0.3 is 9.80 Å². The summed E-state index contributed by atoms with van der Waals surface area (Å²) >= 11 is 0. The summed E-state index contributed by atoms with van der Waals surface area (Å²) in [6.45, 7) is 0. The van der Waals surface area contributed by atoms with E-state index in [1.807, 2.05) is 42.5 Å². The van der Waals surface area contributed by atoms with Gasteiger partial charge in [0.25, 0.3) is 11.8 Å². The number of carbonyl (C=O) groups excluding carboxylic acids is 2. The zero-order chi connectivity index (χ0) is 16.8. The lowest BCUT2D eigenvalue weighted by atomic mass is 10.1. The Morgan fingerprint density at radius 1 is 0.870 bits per heavy atom. The Morgan fingerprint density at radius 3 is 2.04 bits per heavy atom. The van der Waals surface area contributed by atoms with E-state index < -0.39 is 0 Å². The number of rotatable bonds is 4. The smallest absolute Gasteiger partial charge is 0.253 e. The minimum atomic E-state index is -0.107. The molecule has 0 fully saturated rings. The van der Waals surface area contributed by atoms with Gasteiger partial charge in [-0.15, -0.1) is 0 Å². The zero-order valence-electron chi connectivity index (χ0n) is 13.6. The monoisotopic (exact) mass is 308 g/mol. The lowest BCUT2D eigenvalue weighted by molar-refractivity contribution is -0.113. The molecule has 2 rings (SSSR count). The van der Waals surface area contributed by atoms with Gasteiger partial charge in [-0.2, -0.15) is 0 Å². The molecule has 0 aromatic heterocycles. The maximum Gasteiger partial charge on any atom is 0.253 e. The second-order valence-electron chi connectivity index (χ2n) is 5.39. The molecule has 2 aromatic rings. The van der Waals surface area contributed by atoms with Crippen LogP contribution >= 0.6 is 0 Å². The Bertz CT molecular complexity index is 704. The molecule has 0 saturated heterocycles. The molecule has 118 valence electrons. The molecule has 23 heavy (non-hydrogen) atoms. The summed E-state index contributed by atoms with van der Waals surface area (Å²) in [6.07, 6.45) is 3.27. The Kier molecular flexibility index (Phi) is 5.31. The van der Waals surface area contributed by atoms with Crippen LogP contribution < -0.4 is 4.90 Å². The minimum Gasteiger partial charge on any atom is -0.345 e. The first kappa shape index (κ1) is 16.5. The van der Waals surface area contributed by atoms with E-state index in [-0.39, 0.29) is 11.8 Å². The number of benzene rings is 2. The quantitative estimate of drug-likeness (QED) is 0.815. The van der Waals surface area contributed by atoms with Crippen LogP contribution in [-0.4, -0.2) is 37.9 Å². The Morgan fingerprint density at radius 2 is 1.48 bits per heavy atom. The van der Waals surface area contributed by atoms with Crippen LogP contribution in [0.2, 0.25) is 0 Å². The SMILES string of the molecule is CN(C)C(=O)c1ccc(/C=C/C(=O)N(C)c2ccccc2)cc1. The van der Waals surface area contributed by atoms with Gasteiger partial charge in [0, 0.05) is 38.5 Å². The zero-order valence-corrected chi connectivity index (χ0v) is 13.6. The van der Waals surface area contributed by atoms with Crippen LogP contribution in [0, 0.1) is 0 Å². The average Bonchev–Trinajstić information content (AvgIpc) is 2.59. The highest BCUT2D eigenvalue weighted by atomic mass is 16.2. The third-order valence-corrected chi connectivity index (χ3v) is 3.46. The predicted molar refractivity (Wildman–Crippen MR) is 93.3 cm³/mol. The highest BCUT2D eigenvalue weighted by Gasteiger charge is 2.08. The maximum atomic E-state index is 12.2. The van der Waals surface area contributed by atoms with E-state index in [9.17, 15) is 9.59 Å². The fourth-order valence-electron chi connectivity index (χ4n) is 2.05. The number of hydrogen-bond acceptors (Lipinski definition) is 2. The van der Waals surface area contributed by atoms with Crippen molar-refractivity contribution in [3.8, 4) is 0 Å². The van der Waals surface area contributed by atoms with Gasteiger partial charge in [0.2, 0.25) is 0 Å².